The molecule has 1 aromatic carbocycles. The second kappa shape index (κ2) is 5.03. The summed E-state index contributed by atoms with van der Waals surface area (Å²) in [4.78, 5) is 26.4. The lowest BCUT2D eigenvalue weighted by Gasteiger charge is -2.44. The topological polar surface area (TPSA) is 49.4 Å². The van der Waals surface area contributed by atoms with Crippen LogP contribution in [0.5, 0.6) is 0 Å². The molecule has 1 heterocycles. The highest BCUT2D eigenvalue weighted by atomic mass is 16.2. The van der Waals surface area contributed by atoms with Gasteiger partial charge in [-0.15, -0.1) is 0 Å². The molecule has 1 fully saturated rings. The zero-order valence-electron chi connectivity index (χ0n) is 11.6. The average molecular weight is 260 g/mol. The first-order valence-electron chi connectivity index (χ1n) is 6.66. The molecule has 2 atom stereocenters. The monoisotopic (exact) mass is 260 g/mol. The highest BCUT2D eigenvalue weighted by molar-refractivity contribution is 6.00. The van der Waals surface area contributed by atoms with Crippen LogP contribution in [0.15, 0.2) is 30.3 Å². The molecule has 1 aromatic rings. The number of nitrogens with one attached hydrogen (secondary N) is 1. The zero-order valence-corrected chi connectivity index (χ0v) is 11.6. The molecule has 2 rings (SSSR count). The summed E-state index contributed by atoms with van der Waals surface area (Å²) in [6, 6.07) is 9.02. The Labute approximate surface area is 113 Å². The number of likely N-dealkylation sites (N-methyl/N-ethyl adjacent to an activating group) is 1. The van der Waals surface area contributed by atoms with Gasteiger partial charge in [0.05, 0.1) is 0 Å². The minimum atomic E-state index is -0.928. The third kappa shape index (κ3) is 2.11. The van der Waals surface area contributed by atoms with E-state index in [2.05, 4.69) is 5.32 Å². The number of carbonyl (C=O) groups excluding carboxylic acids is 2. The fourth-order valence-corrected chi connectivity index (χ4v) is 2.54. The van der Waals surface area contributed by atoms with Crippen LogP contribution in [0.3, 0.4) is 0 Å². The van der Waals surface area contributed by atoms with Crippen molar-refractivity contribution in [3.8, 4) is 0 Å². The van der Waals surface area contributed by atoms with Crippen LogP contribution < -0.4 is 5.32 Å². The minimum absolute atomic E-state index is 0.0206. The third-order valence-electron chi connectivity index (χ3n) is 3.96. The Morgan fingerprint density at radius 1 is 1.26 bits per heavy atom. The maximum atomic E-state index is 12.5. The molecule has 0 bridgehead atoms. The van der Waals surface area contributed by atoms with Gasteiger partial charge in [-0.2, -0.15) is 0 Å². The van der Waals surface area contributed by atoms with Crippen LogP contribution in [0, 0.1) is 0 Å². The van der Waals surface area contributed by atoms with Gasteiger partial charge in [0.1, 0.15) is 11.6 Å². The normalized spacial score (nSPS) is 27.3. The molecule has 102 valence electrons. The summed E-state index contributed by atoms with van der Waals surface area (Å²) in [5.74, 6) is -0.132. The molecule has 1 saturated heterocycles. The van der Waals surface area contributed by atoms with Crippen LogP contribution in [0.2, 0.25) is 0 Å². The number of benzene rings is 1. The van der Waals surface area contributed by atoms with Crippen LogP contribution >= 0.6 is 0 Å². The van der Waals surface area contributed by atoms with Crippen molar-refractivity contribution in [2.24, 2.45) is 0 Å². The molecular weight excluding hydrogens is 240 g/mol. The van der Waals surface area contributed by atoms with E-state index >= 15 is 0 Å². The van der Waals surface area contributed by atoms with Crippen molar-refractivity contribution in [3.05, 3.63) is 35.9 Å². The average Bonchev–Trinajstić information content (AvgIpc) is 2.43. The Kier molecular flexibility index (Phi) is 3.60. The van der Waals surface area contributed by atoms with Gasteiger partial charge in [-0.1, -0.05) is 43.7 Å². The minimum Gasteiger partial charge on any atom is -0.342 e. The number of rotatable bonds is 3. The Balaban J connectivity index is 2.37. The van der Waals surface area contributed by atoms with E-state index in [9.17, 15) is 9.59 Å². The van der Waals surface area contributed by atoms with Crippen molar-refractivity contribution in [1.29, 1.82) is 0 Å². The van der Waals surface area contributed by atoms with E-state index in [1.165, 1.54) is 0 Å². The maximum absolute atomic E-state index is 12.5. The zero-order chi connectivity index (χ0) is 14.0. The van der Waals surface area contributed by atoms with Crippen LogP contribution in [0.4, 0.5) is 0 Å². The summed E-state index contributed by atoms with van der Waals surface area (Å²) in [5.41, 5.74) is -0.0962. The van der Waals surface area contributed by atoms with E-state index < -0.39 is 5.54 Å². The van der Waals surface area contributed by atoms with Crippen molar-refractivity contribution in [1.82, 2.24) is 10.2 Å². The summed E-state index contributed by atoms with van der Waals surface area (Å²) in [6.07, 6.45) is 1.55. The predicted octanol–water partition coefficient (Wildman–Crippen LogP) is 1.66. The van der Waals surface area contributed by atoms with Gasteiger partial charge >= 0.3 is 0 Å². The summed E-state index contributed by atoms with van der Waals surface area (Å²) in [5, 5.41) is 2.86. The first kappa shape index (κ1) is 13.6. The molecule has 0 saturated carbocycles. The highest BCUT2D eigenvalue weighted by Crippen LogP contribution is 2.31. The SMILES string of the molecule is CCCC1NC(=O)C(C)(c2ccccc2)N(C)C1=O. The summed E-state index contributed by atoms with van der Waals surface area (Å²) in [6.45, 7) is 3.79. The maximum Gasteiger partial charge on any atom is 0.250 e. The van der Waals surface area contributed by atoms with Gasteiger partial charge < -0.3 is 10.2 Å². The quantitative estimate of drug-likeness (QED) is 0.898. The smallest absolute Gasteiger partial charge is 0.250 e. The lowest BCUT2D eigenvalue weighted by atomic mass is 9.86. The lowest BCUT2D eigenvalue weighted by Crippen LogP contribution is -2.66. The van der Waals surface area contributed by atoms with Crippen molar-refractivity contribution in [3.63, 3.8) is 0 Å². The largest absolute Gasteiger partial charge is 0.342 e. The van der Waals surface area contributed by atoms with Gasteiger partial charge in [-0.05, 0) is 18.9 Å². The van der Waals surface area contributed by atoms with Crippen LogP contribution in [-0.2, 0) is 15.1 Å². The molecule has 4 nitrogen and oxygen atoms in total. The Morgan fingerprint density at radius 2 is 1.89 bits per heavy atom. The van der Waals surface area contributed by atoms with Gasteiger partial charge in [0, 0.05) is 7.05 Å². The van der Waals surface area contributed by atoms with Crippen LogP contribution in [-0.4, -0.2) is 29.8 Å². The second-order valence-electron chi connectivity index (χ2n) is 5.15. The molecule has 1 aliphatic heterocycles. The van der Waals surface area contributed by atoms with Gasteiger partial charge in [0.25, 0.3) is 5.91 Å². The van der Waals surface area contributed by atoms with Gasteiger partial charge in [-0.25, -0.2) is 0 Å². The van der Waals surface area contributed by atoms with Crippen molar-refractivity contribution in [2.45, 2.75) is 38.3 Å². The molecule has 4 heteroatoms. The number of piperazine rings is 1. The van der Waals surface area contributed by atoms with Crippen molar-refractivity contribution < 1.29 is 9.59 Å². The molecule has 0 aliphatic carbocycles. The molecule has 19 heavy (non-hydrogen) atoms. The third-order valence-corrected chi connectivity index (χ3v) is 3.96. The molecule has 1 aliphatic rings. The molecule has 2 unspecified atom stereocenters. The lowest BCUT2D eigenvalue weighted by molar-refractivity contribution is -0.155. The standard InChI is InChI=1S/C15H20N2O2/c1-4-8-12-13(18)17(3)15(2,14(19)16-12)11-9-6-5-7-10-11/h5-7,9-10,12H,4,8H2,1-3H3,(H,16,19). The number of hydrogen-bond donors (Lipinski definition) is 1. The fourth-order valence-electron chi connectivity index (χ4n) is 2.54. The van der Waals surface area contributed by atoms with E-state index in [1.54, 1.807) is 18.9 Å². The van der Waals surface area contributed by atoms with Crippen LogP contribution in [0.25, 0.3) is 0 Å². The van der Waals surface area contributed by atoms with E-state index in [0.717, 1.165) is 12.0 Å². The Morgan fingerprint density at radius 3 is 2.47 bits per heavy atom. The Hall–Kier alpha value is -1.84. The summed E-state index contributed by atoms with van der Waals surface area (Å²) < 4.78 is 0. The van der Waals surface area contributed by atoms with Gasteiger partial charge in [0.2, 0.25) is 5.91 Å². The molecular formula is C15H20N2O2. The first-order valence-corrected chi connectivity index (χ1v) is 6.66. The van der Waals surface area contributed by atoms with E-state index in [-0.39, 0.29) is 17.9 Å². The summed E-state index contributed by atoms with van der Waals surface area (Å²) in [7, 11) is 1.71. The highest BCUT2D eigenvalue weighted by Gasteiger charge is 2.48. The second-order valence-corrected chi connectivity index (χ2v) is 5.15. The fraction of sp³-hybridized carbons (Fsp3) is 0.467. The summed E-state index contributed by atoms with van der Waals surface area (Å²) >= 11 is 0. The molecule has 0 spiro atoms. The number of nitrogens with zero attached hydrogens (tertiary/aromatic N) is 1. The number of hydrogen-bond acceptors (Lipinski definition) is 2. The van der Waals surface area contributed by atoms with E-state index in [0.29, 0.717) is 6.42 Å². The van der Waals surface area contributed by atoms with E-state index in [4.69, 9.17) is 0 Å². The first-order chi connectivity index (χ1) is 9.01. The molecule has 0 radical (unpaired) electrons. The van der Waals surface area contributed by atoms with Crippen molar-refractivity contribution in [2.75, 3.05) is 7.05 Å². The Bertz CT molecular complexity index is 486. The molecule has 2 amide bonds. The predicted molar refractivity (Wildman–Crippen MR) is 73.4 cm³/mol. The molecule has 1 N–H and O–H groups in total. The number of carbonyl (C=O) groups is 2. The van der Waals surface area contributed by atoms with Gasteiger partial charge in [-0.3, -0.25) is 9.59 Å². The number of amides is 2. The van der Waals surface area contributed by atoms with Crippen LogP contribution in [0.1, 0.15) is 32.3 Å². The van der Waals surface area contributed by atoms with E-state index in [1.807, 2.05) is 37.3 Å². The molecule has 0 aromatic heterocycles. The van der Waals surface area contributed by atoms with Gasteiger partial charge in [0.15, 0.2) is 0 Å². The van der Waals surface area contributed by atoms with Crippen molar-refractivity contribution >= 4 is 11.8 Å².